The lowest BCUT2D eigenvalue weighted by atomic mass is 9.90. The highest BCUT2D eigenvalue weighted by molar-refractivity contribution is 5.52. The number of carbonyl (C=O) groups excluding carboxylic acids is 1. The highest BCUT2D eigenvalue weighted by Crippen LogP contribution is 2.28. The van der Waals surface area contributed by atoms with Gasteiger partial charge in [0.05, 0.1) is 6.54 Å². The van der Waals surface area contributed by atoms with E-state index >= 15 is 0 Å². The van der Waals surface area contributed by atoms with Crippen molar-refractivity contribution < 1.29 is 9.18 Å². The lowest BCUT2D eigenvalue weighted by Crippen LogP contribution is -2.34. The second-order valence-electron chi connectivity index (χ2n) is 4.12. The molecule has 1 fully saturated rings. The number of hydrogen-bond donors (Lipinski definition) is 0. The van der Waals surface area contributed by atoms with Gasteiger partial charge in [-0.1, -0.05) is 6.07 Å². The number of nitrogens with zero attached hydrogens (tertiary/aromatic N) is 2. The SMILES string of the molecule is O=CCN1CCC(c2cccnc2F)CC1. The van der Waals surface area contributed by atoms with Crippen molar-refractivity contribution in [1.82, 2.24) is 9.88 Å². The molecule has 0 amide bonds. The molecular weight excluding hydrogens is 207 g/mol. The molecule has 1 aliphatic rings. The van der Waals surface area contributed by atoms with Crippen molar-refractivity contribution >= 4 is 6.29 Å². The predicted molar refractivity (Wildman–Crippen MR) is 58.7 cm³/mol. The van der Waals surface area contributed by atoms with Gasteiger partial charge in [-0.25, -0.2) is 4.98 Å². The van der Waals surface area contributed by atoms with Crippen molar-refractivity contribution in [2.24, 2.45) is 0 Å². The number of aldehydes is 1. The molecule has 0 spiro atoms. The second-order valence-corrected chi connectivity index (χ2v) is 4.12. The van der Waals surface area contributed by atoms with E-state index in [1.807, 2.05) is 6.07 Å². The van der Waals surface area contributed by atoms with E-state index < -0.39 is 0 Å². The third kappa shape index (κ3) is 2.44. The minimum absolute atomic E-state index is 0.247. The summed E-state index contributed by atoms with van der Waals surface area (Å²) >= 11 is 0. The lowest BCUT2D eigenvalue weighted by Gasteiger charge is -2.30. The zero-order valence-corrected chi connectivity index (χ0v) is 9.10. The number of carbonyl (C=O) groups is 1. The van der Waals surface area contributed by atoms with E-state index in [1.54, 1.807) is 6.07 Å². The Morgan fingerprint density at radius 3 is 2.88 bits per heavy atom. The molecule has 2 rings (SSSR count). The lowest BCUT2D eigenvalue weighted by molar-refractivity contribution is -0.109. The van der Waals surface area contributed by atoms with Crippen LogP contribution in [-0.4, -0.2) is 35.8 Å². The summed E-state index contributed by atoms with van der Waals surface area (Å²) in [6.45, 7) is 2.21. The van der Waals surface area contributed by atoms with Gasteiger partial charge in [0.1, 0.15) is 6.29 Å². The molecular formula is C12H15FN2O. The van der Waals surface area contributed by atoms with Crippen LogP contribution in [0.15, 0.2) is 18.3 Å². The molecule has 0 radical (unpaired) electrons. The van der Waals surface area contributed by atoms with E-state index in [1.165, 1.54) is 6.20 Å². The van der Waals surface area contributed by atoms with Crippen LogP contribution in [0.2, 0.25) is 0 Å². The Balaban J connectivity index is 1.99. The second kappa shape index (κ2) is 5.16. The van der Waals surface area contributed by atoms with Crippen molar-refractivity contribution in [2.45, 2.75) is 18.8 Å². The molecule has 0 saturated carbocycles. The first-order valence-electron chi connectivity index (χ1n) is 5.57. The Labute approximate surface area is 94.3 Å². The van der Waals surface area contributed by atoms with Gasteiger partial charge in [-0.2, -0.15) is 4.39 Å². The van der Waals surface area contributed by atoms with Crippen molar-refractivity contribution in [2.75, 3.05) is 19.6 Å². The summed E-state index contributed by atoms with van der Waals surface area (Å²) in [5.74, 6) is -0.104. The van der Waals surface area contributed by atoms with E-state index in [0.717, 1.165) is 32.2 Å². The first-order valence-corrected chi connectivity index (χ1v) is 5.57. The number of likely N-dealkylation sites (tertiary alicyclic amines) is 1. The Morgan fingerprint density at radius 1 is 1.50 bits per heavy atom. The van der Waals surface area contributed by atoms with Crippen LogP contribution in [0, 0.1) is 5.95 Å². The average molecular weight is 222 g/mol. The predicted octanol–water partition coefficient (Wildman–Crippen LogP) is 1.60. The minimum Gasteiger partial charge on any atom is -0.302 e. The maximum atomic E-state index is 13.4. The topological polar surface area (TPSA) is 33.2 Å². The van der Waals surface area contributed by atoms with E-state index in [0.29, 0.717) is 12.1 Å². The van der Waals surface area contributed by atoms with Crippen LogP contribution in [0.1, 0.15) is 24.3 Å². The number of rotatable bonds is 3. The van der Waals surface area contributed by atoms with Crippen LogP contribution < -0.4 is 0 Å². The molecule has 0 bridgehead atoms. The summed E-state index contributed by atoms with van der Waals surface area (Å²) in [5.41, 5.74) is 0.716. The molecule has 86 valence electrons. The molecule has 0 N–H and O–H groups in total. The molecule has 1 saturated heterocycles. The van der Waals surface area contributed by atoms with Crippen LogP contribution in [0.4, 0.5) is 4.39 Å². The Morgan fingerprint density at radius 2 is 2.25 bits per heavy atom. The van der Waals surface area contributed by atoms with E-state index in [9.17, 15) is 9.18 Å². The van der Waals surface area contributed by atoms with Crippen molar-refractivity contribution in [1.29, 1.82) is 0 Å². The highest BCUT2D eigenvalue weighted by atomic mass is 19.1. The molecule has 0 aliphatic carbocycles. The number of halogens is 1. The molecule has 0 unspecified atom stereocenters. The number of piperidine rings is 1. The summed E-state index contributed by atoms with van der Waals surface area (Å²) in [6, 6.07) is 3.58. The van der Waals surface area contributed by atoms with Crippen molar-refractivity contribution in [3.63, 3.8) is 0 Å². The minimum atomic E-state index is -0.351. The third-order valence-corrected chi connectivity index (χ3v) is 3.15. The fourth-order valence-corrected chi connectivity index (χ4v) is 2.23. The molecule has 1 aliphatic heterocycles. The zero-order valence-electron chi connectivity index (χ0n) is 9.10. The van der Waals surface area contributed by atoms with Crippen molar-refractivity contribution in [3.05, 3.63) is 29.8 Å². The van der Waals surface area contributed by atoms with Crippen molar-refractivity contribution in [3.8, 4) is 0 Å². The van der Waals surface area contributed by atoms with E-state index in [2.05, 4.69) is 9.88 Å². The largest absolute Gasteiger partial charge is 0.302 e. The van der Waals surface area contributed by atoms with Gasteiger partial charge in [0.15, 0.2) is 0 Å². The van der Waals surface area contributed by atoms with Gasteiger partial charge in [0, 0.05) is 11.8 Å². The molecule has 3 nitrogen and oxygen atoms in total. The highest BCUT2D eigenvalue weighted by Gasteiger charge is 2.22. The van der Waals surface area contributed by atoms with E-state index in [-0.39, 0.29) is 11.9 Å². The third-order valence-electron chi connectivity index (χ3n) is 3.15. The van der Waals surface area contributed by atoms with Gasteiger partial charge in [0.25, 0.3) is 0 Å². The summed E-state index contributed by atoms with van der Waals surface area (Å²) in [6.07, 6.45) is 4.19. The average Bonchev–Trinajstić information content (AvgIpc) is 2.31. The molecule has 1 aromatic heterocycles. The Bertz CT molecular complexity index is 362. The van der Waals surface area contributed by atoms with Crippen LogP contribution in [0.25, 0.3) is 0 Å². The molecule has 1 aromatic rings. The molecule has 2 heterocycles. The van der Waals surface area contributed by atoms with Crippen LogP contribution >= 0.6 is 0 Å². The smallest absolute Gasteiger partial charge is 0.216 e. The normalized spacial score (nSPS) is 18.6. The summed E-state index contributed by atoms with van der Waals surface area (Å²) < 4.78 is 13.4. The summed E-state index contributed by atoms with van der Waals surface area (Å²) in [7, 11) is 0. The molecule has 0 aromatic carbocycles. The number of aromatic nitrogens is 1. The Kier molecular flexibility index (Phi) is 3.62. The number of hydrogen-bond acceptors (Lipinski definition) is 3. The van der Waals surface area contributed by atoms with Gasteiger partial charge >= 0.3 is 0 Å². The maximum absolute atomic E-state index is 13.4. The van der Waals surface area contributed by atoms with Crippen LogP contribution in [0.5, 0.6) is 0 Å². The van der Waals surface area contributed by atoms with Gasteiger partial charge in [-0.15, -0.1) is 0 Å². The van der Waals surface area contributed by atoms with Gasteiger partial charge in [0.2, 0.25) is 5.95 Å². The first-order chi connectivity index (χ1) is 7.81. The van der Waals surface area contributed by atoms with Gasteiger partial charge < -0.3 is 4.79 Å². The molecule has 4 heteroatoms. The van der Waals surface area contributed by atoms with Crippen LogP contribution in [-0.2, 0) is 4.79 Å². The summed E-state index contributed by atoms with van der Waals surface area (Å²) in [4.78, 5) is 16.1. The fraction of sp³-hybridized carbons (Fsp3) is 0.500. The molecule has 0 atom stereocenters. The zero-order chi connectivity index (χ0) is 11.4. The van der Waals surface area contributed by atoms with E-state index in [4.69, 9.17) is 0 Å². The quantitative estimate of drug-likeness (QED) is 0.575. The maximum Gasteiger partial charge on any atom is 0.216 e. The van der Waals surface area contributed by atoms with Gasteiger partial charge in [-0.3, -0.25) is 4.90 Å². The Hall–Kier alpha value is -1.29. The fourth-order valence-electron chi connectivity index (χ4n) is 2.23. The first kappa shape index (κ1) is 11.2. The number of pyridine rings is 1. The standard InChI is InChI=1S/C12H15FN2O/c13-12-11(2-1-5-14-12)10-3-6-15(7-4-10)8-9-16/h1-2,5,9-10H,3-4,6-8H2. The summed E-state index contributed by atoms with van der Waals surface area (Å²) in [5, 5.41) is 0. The molecule has 16 heavy (non-hydrogen) atoms. The van der Waals surface area contributed by atoms with Crippen LogP contribution in [0.3, 0.4) is 0 Å². The monoisotopic (exact) mass is 222 g/mol. The van der Waals surface area contributed by atoms with Gasteiger partial charge in [-0.05, 0) is 37.9 Å².